The molecule has 0 unspecified atom stereocenters. The molecule has 2 aromatic carbocycles. The number of carbonyl (C=O) groups is 1. The van der Waals surface area contributed by atoms with Gasteiger partial charge >= 0.3 is 5.97 Å². The number of benzene rings is 2. The summed E-state index contributed by atoms with van der Waals surface area (Å²) in [7, 11) is 1.30. The second-order valence-electron chi connectivity index (χ2n) is 3.40. The minimum Gasteiger partial charge on any atom is -0.465 e. The number of rotatable bonds is 1. The van der Waals surface area contributed by atoms with Crippen LogP contribution in [-0.2, 0) is 4.74 Å². The number of hydrogen-bond donors (Lipinski definition) is 0. The van der Waals surface area contributed by atoms with E-state index in [9.17, 15) is 4.79 Å². The van der Waals surface area contributed by atoms with Gasteiger partial charge in [-0.15, -0.1) is 0 Å². The van der Waals surface area contributed by atoms with E-state index in [4.69, 9.17) is 39.5 Å². The Bertz CT molecular complexity index is 608. The van der Waals surface area contributed by atoms with Crippen molar-refractivity contribution in [3.05, 3.63) is 44.9 Å². The standard InChI is InChI=1S/C12H7Cl3O2/c1-17-12(16)11-8-4-6(13)2-3-7(8)9(14)5-10(11)15/h2-5H,1H3. The fourth-order valence-electron chi connectivity index (χ4n) is 1.63. The fourth-order valence-corrected chi connectivity index (χ4v) is 2.42. The molecule has 0 fully saturated rings. The van der Waals surface area contributed by atoms with Crippen LogP contribution in [0.3, 0.4) is 0 Å². The molecule has 0 spiro atoms. The van der Waals surface area contributed by atoms with Crippen molar-refractivity contribution in [1.29, 1.82) is 0 Å². The van der Waals surface area contributed by atoms with Crippen molar-refractivity contribution in [1.82, 2.24) is 0 Å². The van der Waals surface area contributed by atoms with E-state index < -0.39 is 5.97 Å². The summed E-state index contributed by atoms with van der Waals surface area (Å²) in [6, 6.07) is 6.60. The van der Waals surface area contributed by atoms with Crippen LogP contribution in [0.1, 0.15) is 10.4 Å². The number of ether oxygens (including phenoxy) is 1. The van der Waals surface area contributed by atoms with Crippen LogP contribution >= 0.6 is 34.8 Å². The summed E-state index contributed by atoms with van der Waals surface area (Å²) in [6.45, 7) is 0. The van der Waals surface area contributed by atoms with Crippen molar-refractivity contribution in [2.45, 2.75) is 0 Å². The Labute approximate surface area is 113 Å². The molecular formula is C12H7Cl3O2. The zero-order valence-corrected chi connectivity index (χ0v) is 11.0. The van der Waals surface area contributed by atoms with Crippen LogP contribution in [0, 0.1) is 0 Å². The third-order valence-electron chi connectivity index (χ3n) is 2.39. The van der Waals surface area contributed by atoms with Gasteiger partial charge in [-0.3, -0.25) is 0 Å². The lowest BCUT2D eigenvalue weighted by Gasteiger charge is -2.09. The highest BCUT2D eigenvalue weighted by atomic mass is 35.5. The summed E-state index contributed by atoms with van der Waals surface area (Å²) in [5.74, 6) is -0.515. The molecule has 2 rings (SSSR count). The maximum absolute atomic E-state index is 11.7. The number of halogens is 3. The lowest BCUT2D eigenvalue weighted by molar-refractivity contribution is 0.0603. The van der Waals surface area contributed by atoms with Gasteiger partial charge in [-0.05, 0) is 18.2 Å². The normalized spacial score (nSPS) is 10.6. The van der Waals surface area contributed by atoms with Crippen LogP contribution in [-0.4, -0.2) is 13.1 Å². The van der Waals surface area contributed by atoms with E-state index in [1.54, 1.807) is 18.2 Å². The predicted molar refractivity (Wildman–Crippen MR) is 70.3 cm³/mol. The second-order valence-corrected chi connectivity index (χ2v) is 4.65. The Morgan fingerprint density at radius 3 is 2.41 bits per heavy atom. The van der Waals surface area contributed by atoms with E-state index in [-0.39, 0.29) is 10.6 Å². The Kier molecular flexibility index (Phi) is 3.48. The van der Waals surface area contributed by atoms with E-state index in [1.807, 2.05) is 0 Å². The summed E-state index contributed by atoms with van der Waals surface area (Å²) < 4.78 is 4.70. The largest absolute Gasteiger partial charge is 0.465 e. The van der Waals surface area contributed by atoms with Gasteiger partial charge in [0.15, 0.2) is 0 Å². The zero-order valence-electron chi connectivity index (χ0n) is 8.76. The highest BCUT2D eigenvalue weighted by molar-refractivity contribution is 6.41. The number of hydrogen-bond acceptors (Lipinski definition) is 2. The van der Waals surface area contributed by atoms with Crippen LogP contribution < -0.4 is 0 Å². The molecule has 0 aliphatic heterocycles. The van der Waals surface area contributed by atoms with Crippen molar-refractivity contribution in [3.63, 3.8) is 0 Å². The van der Waals surface area contributed by atoms with Crippen molar-refractivity contribution < 1.29 is 9.53 Å². The smallest absolute Gasteiger partial charge is 0.340 e. The van der Waals surface area contributed by atoms with Gasteiger partial charge in [0.05, 0.1) is 17.7 Å². The molecule has 0 aromatic heterocycles. The molecule has 0 heterocycles. The molecule has 0 amide bonds. The molecule has 0 aliphatic rings. The molecule has 88 valence electrons. The Balaban J connectivity index is 2.90. The van der Waals surface area contributed by atoms with E-state index in [0.717, 1.165) is 0 Å². The lowest BCUT2D eigenvalue weighted by Crippen LogP contribution is -2.03. The third-order valence-corrected chi connectivity index (χ3v) is 3.24. The molecule has 0 saturated carbocycles. The van der Waals surface area contributed by atoms with Crippen molar-refractivity contribution in [2.24, 2.45) is 0 Å². The van der Waals surface area contributed by atoms with Crippen LogP contribution in [0.15, 0.2) is 24.3 Å². The molecule has 0 N–H and O–H groups in total. The number of carbonyl (C=O) groups excluding carboxylic acids is 1. The molecule has 0 bridgehead atoms. The van der Waals surface area contributed by atoms with Crippen LogP contribution in [0.2, 0.25) is 15.1 Å². The molecule has 0 radical (unpaired) electrons. The fraction of sp³-hybridized carbons (Fsp3) is 0.0833. The number of fused-ring (bicyclic) bond motifs is 1. The molecule has 17 heavy (non-hydrogen) atoms. The van der Waals surface area contributed by atoms with Crippen molar-refractivity contribution >= 4 is 51.5 Å². The average molecular weight is 290 g/mol. The minimum absolute atomic E-state index is 0.247. The van der Waals surface area contributed by atoms with Crippen LogP contribution in [0.5, 0.6) is 0 Å². The SMILES string of the molecule is COC(=O)c1c(Cl)cc(Cl)c2ccc(Cl)cc12. The minimum atomic E-state index is -0.515. The van der Waals surface area contributed by atoms with Gasteiger partial charge in [-0.25, -0.2) is 4.79 Å². The van der Waals surface area contributed by atoms with Gasteiger partial charge in [0.1, 0.15) is 0 Å². The second kappa shape index (κ2) is 4.73. The monoisotopic (exact) mass is 288 g/mol. The van der Waals surface area contributed by atoms with Crippen LogP contribution in [0.25, 0.3) is 10.8 Å². The van der Waals surface area contributed by atoms with E-state index in [0.29, 0.717) is 20.8 Å². The molecule has 5 heteroatoms. The topological polar surface area (TPSA) is 26.3 Å². The molecule has 0 aliphatic carbocycles. The van der Waals surface area contributed by atoms with Gasteiger partial charge < -0.3 is 4.74 Å². The third kappa shape index (κ3) is 2.21. The average Bonchev–Trinajstić information content (AvgIpc) is 2.28. The van der Waals surface area contributed by atoms with Gasteiger partial charge in [0, 0.05) is 20.8 Å². The molecule has 0 saturated heterocycles. The Morgan fingerprint density at radius 2 is 1.76 bits per heavy atom. The summed E-state index contributed by atoms with van der Waals surface area (Å²) in [5, 5.41) is 2.51. The Hall–Kier alpha value is -0.960. The summed E-state index contributed by atoms with van der Waals surface area (Å²) >= 11 is 18.0. The van der Waals surface area contributed by atoms with E-state index >= 15 is 0 Å². The van der Waals surface area contributed by atoms with Gasteiger partial charge in [0.2, 0.25) is 0 Å². The first-order valence-corrected chi connectivity index (χ1v) is 5.83. The van der Waals surface area contributed by atoms with E-state index in [1.165, 1.54) is 13.2 Å². The van der Waals surface area contributed by atoms with Crippen molar-refractivity contribution in [3.8, 4) is 0 Å². The zero-order chi connectivity index (χ0) is 12.6. The quantitative estimate of drug-likeness (QED) is 0.718. The maximum atomic E-state index is 11.7. The predicted octanol–water partition coefficient (Wildman–Crippen LogP) is 4.59. The summed E-state index contributed by atoms with van der Waals surface area (Å²) in [6.07, 6.45) is 0. The molecule has 0 atom stereocenters. The van der Waals surface area contributed by atoms with Gasteiger partial charge in [-0.1, -0.05) is 40.9 Å². The molecule has 2 nitrogen and oxygen atoms in total. The summed E-state index contributed by atoms with van der Waals surface area (Å²) in [4.78, 5) is 11.7. The lowest BCUT2D eigenvalue weighted by atomic mass is 10.0. The highest BCUT2D eigenvalue weighted by Crippen LogP contribution is 2.34. The molecule has 2 aromatic rings. The number of methoxy groups -OCH3 is 1. The summed E-state index contributed by atoms with van der Waals surface area (Å²) in [5.41, 5.74) is 0.274. The van der Waals surface area contributed by atoms with Crippen molar-refractivity contribution in [2.75, 3.05) is 7.11 Å². The highest BCUT2D eigenvalue weighted by Gasteiger charge is 2.17. The molecular weight excluding hydrogens is 282 g/mol. The van der Waals surface area contributed by atoms with Gasteiger partial charge in [0.25, 0.3) is 0 Å². The first kappa shape index (κ1) is 12.5. The van der Waals surface area contributed by atoms with Gasteiger partial charge in [-0.2, -0.15) is 0 Å². The number of esters is 1. The Morgan fingerprint density at radius 1 is 1.06 bits per heavy atom. The van der Waals surface area contributed by atoms with Crippen LogP contribution in [0.4, 0.5) is 0 Å². The first-order valence-electron chi connectivity index (χ1n) is 4.70. The first-order chi connectivity index (χ1) is 8.04. The maximum Gasteiger partial charge on any atom is 0.340 e. The van der Waals surface area contributed by atoms with E-state index in [2.05, 4.69) is 0 Å².